The van der Waals surface area contributed by atoms with Gasteiger partial charge < -0.3 is 38.4 Å². The van der Waals surface area contributed by atoms with Gasteiger partial charge in [-0.3, -0.25) is 14.4 Å². The maximum absolute atomic E-state index is 15.2. The lowest BCUT2D eigenvalue weighted by atomic mass is 9.78. The first-order chi connectivity index (χ1) is 24.1. The SMILES string of the molecule is CC(=O)OC[C@H]1O[C@@H](Oc2cc3c(cc2CF)C2(OC(=O)c4ccccc42)c2ccc(N(C)C)cc2[Si]3(C)C)[C@H](O)[C@@H](OC(C)=O)[C@H]1OC(C)=O. The summed E-state index contributed by atoms with van der Waals surface area (Å²) in [7, 11) is 1.17. The van der Waals surface area contributed by atoms with Crippen LogP contribution in [0.2, 0.25) is 13.1 Å². The van der Waals surface area contributed by atoms with Crippen molar-refractivity contribution in [2.24, 2.45) is 0 Å². The third-order valence-corrected chi connectivity index (χ3v) is 13.2. The summed E-state index contributed by atoms with van der Waals surface area (Å²) in [6.07, 6.45) is -7.41. The Bertz CT molecular complexity index is 1910. The van der Waals surface area contributed by atoms with Gasteiger partial charge in [-0.15, -0.1) is 0 Å². The Morgan fingerprint density at radius 2 is 1.57 bits per heavy atom. The Balaban J connectivity index is 1.50. The lowest BCUT2D eigenvalue weighted by Crippen LogP contribution is -2.64. The maximum Gasteiger partial charge on any atom is 0.340 e. The highest BCUT2D eigenvalue weighted by Gasteiger charge is 2.57. The molecule has 1 fully saturated rings. The van der Waals surface area contributed by atoms with Crippen molar-refractivity contribution in [2.45, 2.75) is 76.8 Å². The van der Waals surface area contributed by atoms with Crippen LogP contribution in [0.3, 0.4) is 0 Å². The number of benzene rings is 3. The zero-order valence-electron chi connectivity index (χ0n) is 29.4. The number of aliphatic hydroxyl groups is 1. The van der Waals surface area contributed by atoms with E-state index in [1.165, 1.54) is 6.92 Å². The van der Waals surface area contributed by atoms with Crippen LogP contribution in [0.4, 0.5) is 10.1 Å². The van der Waals surface area contributed by atoms with Crippen molar-refractivity contribution < 1.29 is 57.1 Å². The number of halogens is 1. The number of anilines is 1. The minimum atomic E-state index is -2.71. The van der Waals surface area contributed by atoms with E-state index in [9.17, 15) is 24.3 Å². The van der Waals surface area contributed by atoms with Crippen LogP contribution in [0.15, 0.2) is 54.6 Å². The van der Waals surface area contributed by atoms with Gasteiger partial charge in [0.2, 0.25) is 6.29 Å². The molecule has 3 aromatic rings. The van der Waals surface area contributed by atoms with Gasteiger partial charge in [0, 0.05) is 62.8 Å². The van der Waals surface area contributed by atoms with Crippen LogP contribution < -0.4 is 20.0 Å². The Hall–Kier alpha value is -4.79. The lowest BCUT2D eigenvalue weighted by molar-refractivity contribution is -0.285. The third-order valence-electron chi connectivity index (χ3n) is 9.65. The largest absolute Gasteiger partial charge is 0.463 e. The van der Waals surface area contributed by atoms with E-state index < -0.39 is 81.5 Å². The molecule has 1 spiro atoms. The minimum absolute atomic E-state index is 0.0274. The maximum atomic E-state index is 15.2. The van der Waals surface area contributed by atoms with Crippen LogP contribution in [-0.2, 0) is 50.3 Å². The first-order valence-electron chi connectivity index (χ1n) is 16.5. The average molecular weight is 722 g/mol. The minimum Gasteiger partial charge on any atom is -0.463 e. The molecule has 0 radical (unpaired) electrons. The number of alkyl halides is 1. The third kappa shape index (κ3) is 6.14. The summed E-state index contributed by atoms with van der Waals surface area (Å²) in [5.41, 5.74) is 2.09. The summed E-state index contributed by atoms with van der Waals surface area (Å²) in [5.74, 6) is -2.68. The van der Waals surface area contributed by atoms with E-state index in [0.717, 1.165) is 35.5 Å². The van der Waals surface area contributed by atoms with Crippen LogP contribution in [0.5, 0.6) is 5.75 Å². The molecule has 3 aliphatic heterocycles. The normalized spacial score (nSPS) is 25.5. The summed E-state index contributed by atoms with van der Waals surface area (Å²) in [4.78, 5) is 51.3. The molecule has 0 bridgehead atoms. The molecule has 6 rings (SSSR count). The lowest BCUT2D eigenvalue weighted by Gasteiger charge is -2.45. The van der Waals surface area contributed by atoms with Crippen LogP contribution in [0.25, 0.3) is 0 Å². The quantitative estimate of drug-likeness (QED) is 0.207. The number of hydrogen-bond donors (Lipinski definition) is 1. The van der Waals surface area contributed by atoms with Crippen molar-refractivity contribution in [3.05, 3.63) is 82.4 Å². The molecule has 3 aliphatic rings. The van der Waals surface area contributed by atoms with Crippen molar-refractivity contribution in [1.82, 2.24) is 0 Å². The summed E-state index contributed by atoms with van der Waals surface area (Å²) in [6, 6.07) is 16.5. The topological polar surface area (TPSA) is 147 Å². The van der Waals surface area contributed by atoms with Crippen LogP contribution in [-0.4, -0.2) is 88.5 Å². The van der Waals surface area contributed by atoms with Crippen molar-refractivity contribution in [2.75, 3.05) is 25.6 Å². The van der Waals surface area contributed by atoms with Crippen LogP contribution in [0, 0.1) is 0 Å². The van der Waals surface area contributed by atoms with Gasteiger partial charge in [0.1, 0.15) is 33.2 Å². The number of carbonyl (C=O) groups excluding carboxylic acids is 4. The van der Waals surface area contributed by atoms with E-state index in [1.807, 2.05) is 43.3 Å². The van der Waals surface area contributed by atoms with E-state index in [-0.39, 0.29) is 11.3 Å². The molecule has 12 nitrogen and oxygen atoms in total. The standard InChI is InChI=1S/C37H40FNO11Si/c1-19(40)45-18-29-33(46-20(2)41)34(47-21(3)42)32(43)36(49-29)48-28-16-31-27(14-22(28)17-38)37(25-11-9-8-10-24(25)35(44)50-37)26-13-12-23(39(4)5)15-30(26)51(31,6)7/h8-16,29,32-34,36,43H,17-18H2,1-7H3/t29-,32-,33+,34-,36-,37?/m1/s1. The highest BCUT2D eigenvalue weighted by molar-refractivity contribution is 7.01. The first kappa shape index (κ1) is 36.0. The molecule has 3 heterocycles. The van der Waals surface area contributed by atoms with Crippen molar-refractivity contribution in [1.29, 1.82) is 0 Å². The van der Waals surface area contributed by atoms with Gasteiger partial charge in [-0.1, -0.05) is 37.4 Å². The number of ether oxygens (including phenoxy) is 6. The summed E-state index contributed by atoms with van der Waals surface area (Å²) >= 11 is 0. The smallest absolute Gasteiger partial charge is 0.340 e. The molecule has 1 unspecified atom stereocenters. The average Bonchev–Trinajstić information content (AvgIpc) is 3.38. The molecule has 6 atom stereocenters. The van der Waals surface area contributed by atoms with Crippen molar-refractivity contribution >= 4 is 48.0 Å². The summed E-state index contributed by atoms with van der Waals surface area (Å²) < 4.78 is 49.7. The van der Waals surface area contributed by atoms with Gasteiger partial charge in [0.25, 0.3) is 0 Å². The molecular weight excluding hydrogens is 681 g/mol. The fourth-order valence-corrected chi connectivity index (χ4v) is 10.4. The fraction of sp³-hybridized carbons (Fsp3) is 0.405. The molecule has 51 heavy (non-hydrogen) atoms. The van der Waals surface area contributed by atoms with Crippen molar-refractivity contribution in [3.8, 4) is 5.75 Å². The van der Waals surface area contributed by atoms with Gasteiger partial charge in [0.15, 0.2) is 23.9 Å². The molecule has 1 N–H and O–H groups in total. The monoisotopic (exact) mass is 721 g/mol. The number of nitrogens with zero attached hydrogens (tertiary/aromatic N) is 1. The first-order valence-corrected chi connectivity index (χ1v) is 19.5. The molecule has 3 aromatic carbocycles. The Labute approximate surface area is 295 Å². The predicted octanol–water partition coefficient (Wildman–Crippen LogP) is 2.71. The second-order valence-corrected chi connectivity index (χ2v) is 17.9. The second kappa shape index (κ2) is 13.4. The Morgan fingerprint density at radius 1 is 0.902 bits per heavy atom. The molecule has 270 valence electrons. The number of hydrogen-bond acceptors (Lipinski definition) is 12. The molecule has 1 saturated heterocycles. The summed E-state index contributed by atoms with van der Waals surface area (Å²) in [6.45, 7) is 6.25. The second-order valence-electron chi connectivity index (χ2n) is 13.6. The predicted molar refractivity (Wildman–Crippen MR) is 184 cm³/mol. The van der Waals surface area contributed by atoms with E-state index in [0.29, 0.717) is 16.7 Å². The van der Waals surface area contributed by atoms with E-state index in [1.54, 1.807) is 24.3 Å². The van der Waals surface area contributed by atoms with Gasteiger partial charge >= 0.3 is 23.9 Å². The number of fused-ring (bicyclic) bond motifs is 6. The van der Waals surface area contributed by atoms with E-state index >= 15 is 4.39 Å². The van der Waals surface area contributed by atoms with Crippen LogP contribution in [0.1, 0.15) is 53.4 Å². The zero-order chi connectivity index (χ0) is 37.0. The highest BCUT2D eigenvalue weighted by atomic mass is 28.3. The van der Waals surface area contributed by atoms with Gasteiger partial charge in [-0.25, -0.2) is 9.18 Å². The Kier molecular flexibility index (Phi) is 9.46. The van der Waals surface area contributed by atoms with Gasteiger partial charge in [-0.2, -0.15) is 0 Å². The molecule has 0 saturated carbocycles. The van der Waals surface area contributed by atoms with E-state index in [4.69, 9.17) is 28.4 Å². The number of aliphatic hydroxyl groups excluding tert-OH is 1. The molecular formula is C37H40FNO11Si. The molecule has 0 aromatic heterocycles. The van der Waals surface area contributed by atoms with Gasteiger partial charge in [0.05, 0.1) is 5.56 Å². The van der Waals surface area contributed by atoms with E-state index in [2.05, 4.69) is 19.2 Å². The number of esters is 4. The molecule has 14 heteroatoms. The molecule has 0 aliphatic carbocycles. The van der Waals surface area contributed by atoms with Crippen LogP contribution >= 0.6 is 0 Å². The van der Waals surface area contributed by atoms with Gasteiger partial charge in [-0.05, 0) is 40.7 Å². The molecule has 0 amide bonds. The fourth-order valence-electron chi connectivity index (χ4n) is 7.30. The number of rotatable bonds is 8. The Morgan fingerprint density at radius 3 is 2.22 bits per heavy atom. The summed E-state index contributed by atoms with van der Waals surface area (Å²) in [5, 5.41) is 13.3. The number of carbonyl (C=O) groups is 4. The highest BCUT2D eigenvalue weighted by Crippen LogP contribution is 2.50. The van der Waals surface area contributed by atoms with Crippen molar-refractivity contribution in [3.63, 3.8) is 0 Å². The zero-order valence-corrected chi connectivity index (χ0v) is 30.4.